The van der Waals surface area contributed by atoms with Gasteiger partial charge in [0.2, 0.25) is 11.8 Å². The zero-order valence-corrected chi connectivity index (χ0v) is 13.9. The largest absolute Gasteiger partial charge is 0.374 e. The summed E-state index contributed by atoms with van der Waals surface area (Å²) < 4.78 is 5.62. The van der Waals surface area contributed by atoms with E-state index in [4.69, 9.17) is 10.5 Å². The van der Waals surface area contributed by atoms with Gasteiger partial charge in [-0.15, -0.1) is 0 Å². The van der Waals surface area contributed by atoms with Gasteiger partial charge in [0.15, 0.2) is 0 Å². The van der Waals surface area contributed by atoms with Crippen LogP contribution in [0.15, 0.2) is 24.3 Å². The molecule has 0 aliphatic heterocycles. The monoisotopic (exact) mass is 324 g/mol. The Morgan fingerprint density at radius 3 is 2.59 bits per heavy atom. The van der Waals surface area contributed by atoms with Crippen LogP contribution in [0.5, 0.6) is 0 Å². The summed E-state index contributed by atoms with van der Waals surface area (Å²) in [6, 6.07) is 7.90. The van der Waals surface area contributed by atoms with Crippen molar-refractivity contribution in [2.24, 2.45) is 5.73 Å². The highest BCUT2D eigenvalue weighted by Crippen LogP contribution is 2.11. The van der Waals surface area contributed by atoms with Crippen molar-refractivity contribution < 1.29 is 14.3 Å². The van der Waals surface area contributed by atoms with Crippen LogP contribution in [0.3, 0.4) is 0 Å². The maximum Gasteiger partial charge on any atom is 0.227 e. The van der Waals surface area contributed by atoms with Gasteiger partial charge in [0.05, 0.1) is 18.5 Å². The molecule has 0 saturated carbocycles. The molecule has 0 bridgehead atoms. The van der Waals surface area contributed by atoms with Crippen molar-refractivity contribution >= 4 is 23.6 Å². The highest BCUT2D eigenvalue weighted by atomic mass is 32.2. The number of carbonyl (C=O) groups excluding carboxylic acids is 2. The minimum absolute atomic E-state index is 0.0310. The first-order valence-corrected chi connectivity index (χ1v) is 8.45. The van der Waals surface area contributed by atoms with Gasteiger partial charge in [-0.1, -0.05) is 24.3 Å². The van der Waals surface area contributed by atoms with Crippen LogP contribution in [0.4, 0.5) is 0 Å². The molecule has 22 heavy (non-hydrogen) atoms. The number of hydrogen-bond acceptors (Lipinski definition) is 4. The van der Waals surface area contributed by atoms with E-state index in [0.29, 0.717) is 25.3 Å². The molecule has 0 saturated heterocycles. The van der Waals surface area contributed by atoms with E-state index in [-0.39, 0.29) is 23.7 Å². The minimum atomic E-state index is -0.357. The number of nitrogens with one attached hydrogen (secondary N) is 1. The van der Waals surface area contributed by atoms with E-state index in [1.165, 1.54) is 11.8 Å². The van der Waals surface area contributed by atoms with E-state index in [0.717, 1.165) is 11.1 Å². The Morgan fingerprint density at radius 1 is 1.27 bits per heavy atom. The van der Waals surface area contributed by atoms with E-state index in [1.54, 1.807) is 0 Å². The molecule has 0 atom stereocenters. The summed E-state index contributed by atoms with van der Waals surface area (Å²) in [7, 11) is 0. The van der Waals surface area contributed by atoms with Crippen molar-refractivity contribution in [3.05, 3.63) is 35.4 Å². The molecule has 1 aromatic carbocycles. The SMILES string of the molecule is CC(C)OCc1ccccc1CNC(=O)CCSCC(N)=O. The summed E-state index contributed by atoms with van der Waals surface area (Å²) >= 11 is 1.37. The van der Waals surface area contributed by atoms with E-state index < -0.39 is 0 Å². The van der Waals surface area contributed by atoms with Crippen molar-refractivity contribution in [3.8, 4) is 0 Å². The quantitative estimate of drug-likeness (QED) is 0.643. The molecule has 1 aromatic rings. The Bertz CT molecular complexity index is 492. The Kier molecular flexibility index (Phi) is 8.62. The van der Waals surface area contributed by atoms with Crippen molar-refractivity contribution in [1.29, 1.82) is 0 Å². The lowest BCUT2D eigenvalue weighted by Gasteiger charge is -2.13. The standard InChI is InChI=1S/C16H24N2O3S/c1-12(2)21-10-14-6-4-3-5-13(14)9-18-16(20)7-8-22-11-15(17)19/h3-6,12H,7-11H2,1-2H3,(H2,17,19)(H,18,20). The predicted molar refractivity (Wildman–Crippen MR) is 89.4 cm³/mol. The molecule has 6 heteroatoms. The van der Waals surface area contributed by atoms with Crippen LogP contribution < -0.4 is 11.1 Å². The van der Waals surface area contributed by atoms with Gasteiger partial charge in [0, 0.05) is 18.7 Å². The molecule has 5 nitrogen and oxygen atoms in total. The van der Waals surface area contributed by atoms with Crippen LogP contribution in [0.1, 0.15) is 31.4 Å². The lowest BCUT2D eigenvalue weighted by Crippen LogP contribution is -2.24. The summed E-state index contributed by atoms with van der Waals surface area (Å²) in [5.41, 5.74) is 7.18. The van der Waals surface area contributed by atoms with Crippen molar-refractivity contribution in [1.82, 2.24) is 5.32 Å². The Morgan fingerprint density at radius 2 is 1.95 bits per heavy atom. The number of benzene rings is 1. The second-order valence-electron chi connectivity index (χ2n) is 5.17. The molecule has 0 radical (unpaired) electrons. The van der Waals surface area contributed by atoms with Gasteiger partial charge in [-0.2, -0.15) is 11.8 Å². The second-order valence-corrected chi connectivity index (χ2v) is 6.28. The third kappa shape index (κ3) is 8.05. The Hall–Kier alpha value is -1.53. The van der Waals surface area contributed by atoms with Gasteiger partial charge >= 0.3 is 0 Å². The van der Waals surface area contributed by atoms with Crippen LogP contribution in [0.25, 0.3) is 0 Å². The Labute approximate surface area is 136 Å². The number of hydrogen-bond donors (Lipinski definition) is 2. The molecule has 0 aliphatic rings. The molecule has 0 aliphatic carbocycles. The number of primary amides is 1. The number of nitrogens with two attached hydrogens (primary N) is 1. The van der Waals surface area contributed by atoms with Crippen LogP contribution in [0.2, 0.25) is 0 Å². The summed E-state index contributed by atoms with van der Waals surface area (Å²) in [5, 5.41) is 2.89. The van der Waals surface area contributed by atoms with Gasteiger partial charge in [-0.25, -0.2) is 0 Å². The number of rotatable bonds is 10. The fraction of sp³-hybridized carbons (Fsp3) is 0.500. The lowest BCUT2D eigenvalue weighted by molar-refractivity contribution is -0.121. The first kappa shape index (κ1) is 18.5. The normalized spacial score (nSPS) is 10.7. The molecule has 1 rings (SSSR count). The molecule has 0 heterocycles. The van der Waals surface area contributed by atoms with E-state index in [2.05, 4.69) is 5.32 Å². The molecule has 3 N–H and O–H groups in total. The maximum absolute atomic E-state index is 11.8. The summed E-state index contributed by atoms with van der Waals surface area (Å²) in [4.78, 5) is 22.4. The van der Waals surface area contributed by atoms with Crippen LogP contribution in [-0.2, 0) is 27.5 Å². The van der Waals surface area contributed by atoms with E-state index in [1.807, 2.05) is 38.1 Å². The molecule has 0 spiro atoms. The average Bonchev–Trinajstić information content (AvgIpc) is 2.48. The third-order valence-corrected chi connectivity index (χ3v) is 3.87. The zero-order valence-electron chi connectivity index (χ0n) is 13.1. The molecule has 0 aromatic heterocycles. The fourth-order valence-corrected chi connectivity index (χ4v) is 2.42. The van der Waals surface area contributed by atoms with Crippen molar-refractivity contribution in [2.45, 2.75) is 39.5 Å². The zero-order chi connectivity index (χ0) is 16.4. The average molecular weight is 324 g/mol. The lowest BCUT2D eigenvalue weighted by atomic mass is 10.1. The summed E-state index contributed by atoms with van der Waals surface area (Å²) in [6.45, 7) is 5.01. The minimum Gasteiger partial charge on any atom is -0.374 e. The van der Waals surface area contributed by atoms with Crippen LogP contribution >= 0.6 is 11.8 Å². The highest BCUT2D eigenvalue weighted by molar-refractivity contribution is 7.99. The van der Waals surface area contributed by atoms with Gasteiger partial charge in [-0.3, -0.25) is 9.59 Å². The van der Waals surface area contributed by atoms with Crippen molar-refractivity contribution in [3.63, 3.8) is 0 Å². The van der Waals surface area contributed by atoms with Crippen LogP contribution in [-0.4, -0.2) is 29.4 Å². The first-order chi connectivity index (χ1) is 10.5. The fourth-order valence-electron chi connectivity index (χ4n) is 1.75. The topological polar surface area (TPSA) is 81.4 Å². The predicted octanol–water partition coefficient (Wildman–Crippen LogP) is 1.84. The van der Waals surface area contributed by atoms with E-state index in [9.17, 15) is 9.59 Å². The van der Waals surface area contributed by atoms with Gasteiger partial charge in [0.1, 0.15) is 0 Å². The molecular formula is C16H24N2O3S. The molecular weight excluding hydrogens is 300 g/mol. The second kappa shape index (κ2) is 10.2. The number of carbonyl (C=O) groups is 2. The molecule has 122 valence electrons. The maximum atomic E-state index is 11.8. The van der Waals surface area contributed by atoms with Crippen LogP contribution in [0, 0.1) is 0 Å². The molecule has 2 amide bonds. The van der Waals surface area contributed by atoms with E-state index >= 15 is 0 Å². The molecule has 0 unspecified atom stereocenters. The van der Waals surface area contributed by atoms with Gasteiger partial charge < -0.3 is 15.8 Å². The summed E-state index contributed by atoms with van der Waals surface area (Å²) in [5.74, 6) is 0.455. The van der Waals surface area contributed by atoms with Gasteiger partial charge in [-0.05, 0) is 25.0 Å². The Balaban J connectivity index is 2.37. The first-order valence-electron chi connectivity index (χ1n) is 7.30. The number of amides is 2. The smallest absolute Gasteiger partial charge is 0.227 e. The number of thioether (sulfide) groups is 1. The highest BCUT2D eigenvalue weighted by Gasteiger charge is 2.06. The molecule has 0 fully saturated rings. The third-order valence-electron chi connectivity index (χ3n) is 2.88. The van der Waals surface area contributed by atoms with Gasteiger partial charge in [0.25, 0.3) is 0 Å². The summed E-state index contributed by atoms with van der Waals surface area (Å²) in [6.07, 6.45) is 0.549. The van der Waals surface area contributed by atoms with Crippen molar-refractivity contribution in [2.75, 3.05) is 11.5 Å². The number of ether oxygens (including phenoxy) is 1.